The first-order valence-corrected chi connectivity index (χ1v) is 3.37. The number of hydrogen-bond acceptors (Lipinski definition) is 1. The van der Waals surface area contributed by atoms with Gasteiger partial charge in [-0.05, 0) is 0 Å². The van der Waals surface area contributed by atoms with Crippen molar-refractivity contribution in [3.05, 3.63) is 0 Å². The van der Waals surface area contributed by atoms with Crippen LogP contribution in [0, 0.1) is 0 Å². The second-order valence-corrected chi connectivity index (χ2v) is 1.95. The molecule has 0 aliphatic carbocycles. The minimum Gasteiger partial charge on any atom is -0.246 e. The van der Waals surface area contributed by atoms with E-state index in [4.69, 9.17) is 0 Å². The van der Waals surface area contributed by atoms with Gasteiger partial charge in [-0.2, -0.15) is 12.6 Å². The van der Waals surface area contributed by atoms with E-state index in [0.717, 1.165) is 0 Å². The molecular formula is C3H6BrFS. The van der Waals surface area contributed by atoms with E-state index < -0.39 is 6.17 Å². The highest BCUT2D eigenvalue weighted by atomic mass is 79.9. The topological polar surface area (TPSA) is 0 Å². The summed E-state index contributed by atoms with van der Waals surface area (Å²) in [5.74, 6) is 0.311. The number of alkyl halides is 2. The minimum atomic E-state index is -0.784. The first-order valence-electron chi connectivity index (χ1n) is 1.62. The van der Waals surface area contributed by atoms with Gasteiger partial charge in [0.05, 0.1) is 0 Å². The summed E-state index contributed by atoms with van der Waals surface area (Å²) in [6.07, 6.45) is -0.784. The predicted octanol–water partition coefficient (Wildman–Crippen LogP) is 1.65. The van der Waals surface area contributed by atoms with Crippen LogP contribution in [0.15, 0.2) is 0 Å². The zero-order valence-electron chi connectivity index (χ0n) is 3.19. The molecule has 0 bridgehead atoms. The molecule has 0 aliphatic rings. The monoisotopic (exact) mass is 172 g/mol. The Kier molecular flexibility index (Phi) is 4.43. The van der Waals surface area contributed by atoms with Gasteiger partial charge >= 0.3 is 0 Å². The van der Waals surface area contributed by atoms with Crippen LogP contribution in [0.1, 0.15) is 0 Å². The Hall–Kier alpha value is 0.760. The average Bonchev–Trinajstić information content (AvgIpc) is 1.65. The number of rotatable bonds is 2. The van der Waals surface area contributed by atoms with Gasteiger partial charge in [0.15, 0.2) is 0 Å². The maximum absolute atomic E-state index is 11.7. The third kappa shape index (κ3) is 2.97. The summed E-state index contributed by atoms with van der Waals surface area (Å²) in [6.45, 7) is 0. The van der Waals surface area contributed by atoms with E-state index >= 15 is 0 Å². The summed E-state index contributed by atoms with van der Waals surface area (Å²) < 4.78 is 11.7. The van der Waals surface area contributed by atoms with Crippen LogP contribution < -0.4 is 0 Å². The molecule has 0 aromatic carbocycles. The Bertz CT molecular complexity index is 30.0. The van der Waals surface area contributed by atoms with Crippen molar-refractivity contribution in [3.63, 3.8) is 0 Å². The number of thiol groups is 1. The van der Waals surface area contributed by atoms with Crippen LogP contribution in [0.2, 0.25) is 0 Å². The van der Waals surface area contributed by atoms with Gasteiger partial charge in [-0.15, -0.1) is 0 Å². The highest BCUT2D eigenvalue weighted by Crippen LogP contribution is 1.96. The lowest BCUT2D eigenvalue weighted by molar-refractivity contribution is 0.407. The average molecular weight is 173 g/mol. The van der Waals surface area contributed by atoms with E-state index in [-0.39, 0.29) is 0 Å². The first kappa shape index (κ1) is 6.76. The van der Waals surface area contributed by atoms with Gasteiger partial charge in [-0.1, -0.05) is 15.9 Å². The van der Waals surface area contributed by atoms with Crippen LogP contribution in [-0.4, -0.2) is 17.3 Å². The van der Waals surface area contributed by atoms with Crippen molar-refractivity contribution in [2.45, 2.75) is 6.17 Å². The highest BCUT2D eigenvalue weighted by Gasteiger charge is 1.96. The largest absolute Gasteiger partial charge is 0.246 e. The molecule has 0 rings (SSSR count). The maximum Gasteiger partial charge on any atom is 0.118 e. The zero-order chi connectivity index (χ0) is 4.99. The van der Waals surface area contributed by atoms with Gasteiger partial charge < -0.3 is 0 Å². The standard InChI is InChI=1S/C3H6BrFS/c4-1-3(5)2-6/h3,6H,1-2H2. The normalized spacial score (nSPS) is 14.5. The molecule has 0 aromatic heterocycles. The van der Waals surface area contributed by atoms with Gasteiger partial charge in [-0.3, -0.25) is 0 Å². The molecule has 1 atom stereocenters. The van der Waals surface area contributed by atoms with Crippen LogP contribution >= 0.6 is 28.6 Å². The highest BCUT2D eigenvalue weighted by molar-refractivity contribution is 9.09. The van der Waals surface area contributed by atoms with E-state index in [1.165, 1.54) is 0 Å². The fourth-order valence-corrected chi connectivity index (χ4v) is 0.761. The van der Waals surface area contributed by atoms with Crippen molar-refractivity contribution in [2.24, 2.45) is 0 Å². The summed E-state index contributed by atoms with van der Waals surface area (Å²) in [4.78, 5) is 0. The van der Waals surface area contributed by atoms with Gasteiger partial charge in [0.25, 0.3) is 0 Å². The zero-order valence-corrected chi connectivity index (χ0v) is 5.68. The van der Waals surface area contributed by atoms with Crippen molar-refractivity contribution < 1.29 is 4.39 Å². The molecule has 0 heterocycles. The Morgan fingerprint density at radius 3 is 2.33 bits per heavy atom. The Labute approximate surface area is 50.7 Å². The van der Waals surface area contributed by atoms with Crippen molar-refractivity contribution in [3.8, 4) is 0 Å². The fraction of sp³-hybridized carbons (Fsp3) is 1.00. The number of hydrogen-bond donors (Lipinski definition) is 1. The third-order valence-electron chi connectivity index (χ3n) is 0.366. The number of halogens is 2. The third-order valence-corrected chi connectivity index (χ3v) is 1.46. The lowest BCUT2D eigenvalue weighted by Gasteiger charge is -1.92. The maximum atomic E-state index is 11.7. The summed E-state index contributed by atoms with van der Waals surface area (Å²) >= 11 is 6.64. The minimum absolute atomic E-state index is 0.311. The quantitative estimate of drug-likeness (QED) is 0.476. The fourth-order valence-electron chi connectivity index (χ4n) is 0.0488. The van der Waals surface area contributed by atoms with E-state index in [2.05, 4.69) is 28.6 Å². The van der Waals surface area contributed by atoms with Crippen molar-refractivity contribution in [1.82, 2.24) is 0 Å². The molecule has 0 spiro atoms. The molecule has 6 heavy (non-hydrogen) atoms. The lowest BCUT2D eigenvalue weighted by atomic mass is 10.5. The summed E-state index contributed by atoms with van der Waals surface area (Å²) in [5.41, 5.74) is 0. The van der Waals surface area contributed by atoms with E-state index in [0.29, 0.717) is 11.1 Å². The summed E-state index contributed by atoms with van der Waals surface area (Å²) in [6, 6.07) is 0. The molecule has 0 radical (unpaired) electrons. The van der Waals surface area contributed by atoms with Crippen LogP contribution in [0.3, 0.4) is 0 Å². The Morgan fingerprint density at radius 1 is 1.83 bits per heavy atom. The molecule has 0 aromatic rings. The van der Waals surface area contributed by atoms with Crippen LogP contribution in [0.4, 0.5) is 4.39 Å². The summed E-state index contributed by atoms with van der Waals surface area (Å²) in [5, 5.41) is 0.399. The molecule has 0 fully saturated rings. The molecule has 0 saturated heterocycles. The van der Waals surface area contributed by atoms with E-state index in [1.807, 2.05) is 0 Å². The summed E-state index contributed by atoms with van der Waals surface area (Å²) in [7, 11) is 0. The van der Waals surface area contributed by atoms with Crippen molar-refractivity contribution >= 4 is 28.6 Å². The van der Waals surface area contributed by atoms with Gasteiger partial charge in [0.2, 0.25) is 0 Å². The first-order chi connectivity index (χ1) is 2.81. The molecule has 0 saturated carbocycles. The molecule has 3 heteroatoms. The predicted molar refractivity (Wildman–Crippen MR) is 32.5 cm³/mol. The van der Waals surface area contributed by atoms with Crippen LogP contribution in [0.5, 0.6) is 0 Å². The molecular weight excluding hydrogens is 167 g/mol. The molecule has 0 amide bonds. The molecule has 1 unspecified atom stereocenters. The lowest BCUT2D eigenvalue weighted by Crippen LogP contribution is -2.01. The van der Waals surface area contributed by atoms with E-state index in [1.54, 1.807) is 0 Å². The second-order valence-electron chi connectivity index (χ2n) is 0.934. The van der Waals surface area contributed by atoms with Gasteiger partial charge in [-0.25, -0.2) is 4.39 Å². The van der Waals surface area contributed by atoms with Crippen molar-refractivity contribution in [1.29, 1.82) is 0 Å². The molecule has 38 valence electrons. The van der Waals surface area contributed by atoms with Crippen molar-refractivity contribution in [2.75, 3.05) is 11.1 Å². The van der Waals surface area contributed by atoms with E-state index in [9.17, 15) is 4.39 Å². The molecule has 0 N–H and O–H groups in total. The smallest absolute Gasteiger partial charge is 0.118 e. The molecule has 0 aliphatic heterocycles. The van der Waals surface area contributed by atoms with Gasteiger partial charge in [0.1, 0.15) is 6.17 Å². The Balaban J connectivity index is 2.75. The molecule has 0 nitrogen and oxygen atoms in total. The van der Waals surface area contributed by atoms with Crippen LogP contribution in [0.25, 0.3) is 0 Å². The Morgan fingerprint density at radius 2 is 2.33 bits per heavy atom. The second kappa shape index (κ2) is 3.93. The SMILES string of the molecule is FC(CS)CBr. The van der Waals surface area contributed by atoms with Crippen LogP contribution in [-0.2, 0) is 0 Å². The van der Waals surface area contributed by atoms with Gasteiger partial charge in [0, 0.05) is 11.1 Å².